The lowest BCUT2D eigenvalue weighted by atomic mass is 10.1. The SMILES string of the molecule is Cc1ccc(NC(=O)c2ccccc2)cc1C=CC(=O)O. The second-order valence-corrected chi connectivity index (χ2v) is 4.56. The molecule has 0 bridgehead atoms. The summed E-state index contributed by atoms with van der Waals surface area (Å²) in [7, 11) is 0. The first-order valence-corrected chi connectivity index (χ1v) is 6.44. The molecule has 0 aliphatic heterocycles. The summed E-state index contributed by atoms with van der Waals surface area (Å²) in [5, 5.41) is 11.5. The molecule has 0 saturated heterocycles. The highest BCUT2D eigenvalue weighted by Gasteiger charge is 2.06. The Morgan fingerprint density at radius 1 is 1.10 bits per heavy atom. The van der Waals surface area contributed by atoms with E-state index in [2.05, 4.69) is 5.32 Å². The first kappa shape index (κ1) is 14.5. The van der Waals surface area contributed by atoms with Gasteiger partial charge in [-0.3, -0.25) is 4.79 Å². The number of nitrogens with one attached hydrogen (secondary N) is 1. The molecule has 0 aliphatic rings. The number of hydrogen-bond acceptors (Lipinski definition) is 2. The van der Waals surface area contributed by atoms with E-state index in [4.69, 9.17) is 5.11 Å². The van der Waals surface area contributed by atoms with Gasteiger partial charge in [-0.1, -0.05) is 24.3 Å². The predicted molar refractivity (Wildman–Crippen MR) is 82.2 cm³/mol. The number of rotatable bonds is 4. The average molecular weight is 281 g/mol. The maximum absolute atomic E-state index is 12.1. The van der Waals surface area contributed by atoms with Gasteiger partial charge in [0.2, 0.25) is 0 Å². The van der Waals surface area contributed by atoms with Crippen molar-refractivity contribution in [3.63, 3.8) is 0 Å². The molecule has 0 aromatic heterocycles. The fraction of sp³-hybridized carbons (Fsp3) is 0.0588. The van der Waals surface area contributed by atoms with Gasteiger partial charge in [-0.05, 0) is 48.4 Å². The van der Waals surface area contributed by atoms with Crippen molar-refractivity contribution >= 4 is 23.6 Å². The summed E-state index contributed by atoms with van der Waals surface area (Å²) < 4.78 is 0. The summed E-state index contributed by atoms with van der Waals surface area (Å²) in [5.41, 5.74) is 2.88. The number of amides is 1. The van der Waals surface area contributed by atoms with Crippen LogP contribution in [0.4, 0.5) is 5.69 Å². The van der Waals surface area contributed by atoms with Crippen molar-refractivity contribution in [2.75, 3.05) is 5.32 Å². The topological polar surface area (TPSA) is 66.4 Å². The Morgan fingerprint density at radius 2 is 1.81 bits per heavy atom. The van der Waals surface area contributed by atoms with Gasteiger partial charge in [-0.15, -0.1) is 0 Å². The van der Waals surface area contributed by atoms with Gasteiger partial charge in [0, 0.05) is 17.3 Å². The number of aliphatic carboxylic acids is 1. The minimum atomic E-state index is -1.01. The first-order chi connectivity index (χ1) is 10.1. The Hall–Kier alpha value is -2.88. The number of carboxylic acid groups (broad SMARTS) is 1. The van der Waals surface area contributed by atoms with Crippen LogP contribution >= 0.6 is 0 Å². The Morgan fingerprint density at radius 3 is 2.48 bits per heavy atom. The highest BCUT2D eigenvalue weighted by atomic mass is 16.4. The molecule has 2 aromatic rings. The number of carboxylic acids is 1. The number of aryl methyl sites for hydroxylation is 1. The highest BCUT2D eigenvalue weighted by Crippen LogP contribution is 2.17. The Labute approximate surface area is 122 Å². The van der Waals surface area contributed by atoms with E-state index in [0.29, 0.717) is 11.3 Å². The van der Waals surface area contributed by atoms with Gasteiger partial charge in [0.05, 0.1) is 0 Å². The molecule has 0 atom stereocenters. The summed E-state index contributed by atoms with van der Waals surface area (Å²) in [6.07, 6.45) is 2.58. The van der Waals surface area contributed by atoms with Crippen LogP contribution in [0.1, 0.15) is 21.5 Å². The maximum Gasteiger partial charge on any atom is 0.328 e. The van der Waals surface area contributed by atoms with Crippen molar-refractivity contribution in [1.82, 2.24) is 0 Å². The second kappa shape index (κ2) is 6.52. The van der Waals surface area contributed by atoms with E-state index in [0.717, 1.165) is 17.2 Å². The van der Waals surface area contributed by atoms with Gasteiger partial charge in [-0.25, -0.2) is 4.79 Å². The van der Waals surface area contributed by atoms with Gasteiger partial charge in [0.1, 0.15) is 0 Å². The molecule has 106 valence electrons. The lowest BCUT2D eigenvalue weighted by Gasteiger charge is -2.08. The van der Waals surface area contributed by atoms with E-state index < -0.39 is 5.97 Å². The van der Waals surface area contributed by atoms with Gasteiger partial charge in [0.25, 0.3) is 5.91 Å². The summed E-state index contributed by atoms with van der Waals surface area (Å²) in [4.78, 5) is 22.6. The average Bonchev–Trinajstić information content (AvgIpc) is 2.48. The van der Waals surface area contributed by atoms with Gasteiger partial charge >= 0.3 is 5.97 Å². The predicted octanol–water partition coefficient (Wildman–Crippen LogP) is 3.35. The zero-order valence-electron chi connectivity index (χ0n) is 11.5. The van der Waals surface area contributed by atoms with Crippen molar-refractivity contribution in [1.29, 1.82) is 0 Å². The van der Waals surface area contributed by atoms with E-state index >= 15 is 0 Å². The lowest BCUT2D eigenvalue weighted by Crippen LogP contribution is -2.11. The van der Waals surface area contributed by atoms with Crippen molar-refractivity contribution in [3.8, 4) is 0 Å². The van der Waals surface area contributed by atoms with Crippen molar-refractivity contribution < 1.29 is 14.7 Å². The van der Waals surface area contributed by atoms with E-state index in [1.165, 1.54) is 6.08 Å². The molecule has 2 rings (SSSR count). The highest BCUT2D eigenvalue weighted by molar-refractivity contribution is 6.04. The molecular weight excluding hydrogens is 266 g/mol. The van der Waals surface area contributed by atoms with Crippen LogP contribution in [0.25, 0.3) is 6.08 Å². The zero-order valence-corrected chi connectivity index (χ0v) is 11.5. The zero-order chi connectivity index (χ0) is 15.2. The van der Waals surface area contributed by atoms with Gasteiger partial charge in [0.15, 0.2) is 0 Å². The molecule has 4 heteroatoms. The molecular formula is C17H15NO3. The van der Waals surface area contributed by atoms with Crippen molar-refractivity contribution in [3.05, 3.63) is 71.3 Å². The quantitative estimate of drug-likeness (QED) is 0.845. The lowest BCUT2D eigenvalue weighted by molar-refractivity contribution is -0.131. The number of carbonyl (C=O) groups excluding carboxylic acids is 1. The van der Waals surface area contributed by atoms with Crippen LogP contribution in [0.2, 0.25) is 0 Å². The molecule has 0 saturated carbocycles. The molecule has 2 aromatic carbocycles. The maximum atomic E-state index is 12.1. The normalized spacial score (nSPS) is 10.5. The second-order valence-electron chi connectivity index (χ2n) is 4.56. The van der Waals surface area contributed by atoms with Gasteiger partial charge in [-0.2, -0.15) is 0 Å². The fourth-order valence-corrected chi connectivity index (χ4v) is 1.85. The molecule has 21 heavy (non-hydrogen) atoms. The van der Waals surface area contributed by atoms with Gasteiger partial charge < -0.3 is 10.4 Å². The van der Waals surface area contributed by atoms with Crippen LogP contribution in [-0.4, -0.2) is 17.0 Å². The minimum absolute atomic E-state index is 0.201. The molecule has 0 fully saturated rings. The minimum Gasteiger partial charge on any atom is -0.478 e. The molecule has 0 unspecified atom stereocenters. The van der Waals surface area contributed by atoms with E-state index in [9.17, 15) is 9.59 Å². The van der Waals surface area contributed by atoms with Crippen LogP contribution in [-0.2, 0) is 4.79 Å². The summed E-state index contributed by atoms with van der Waals surface area (Å²) in [6.45, 7) is 1.88. The molecule has 1 amide bonds. The molecule has 0 radical (unpaired) electrons. The van der Waals surface area contributed by atoms with Crippen molar-refractivity contribution in [2.45, 2.75) is 6.92 Å². The van der Waals surface area contributed by atoms with E-state index in [1.54, 1.807) is 36.4 Å². The third-order valence-electron chi connectivity index (χ3n) is 2.98. The Balaban J connectivity index is 2.19. The van der Waals surface area contributed by atoms with Crippen LogP contribution in [0, 0.1) is 6.92 Å². The van der Waals surface area contributed by atoms with Crippen LogP contribution in [0.3, 0.4) is 0 Å². The van der Waals surface area contributed by atoms with Crippen LogP contribution in [0.5, 0.6) is 0 Å². The summed E-state index contributed by atoms with van der Waals surface area (Å²) in [5.74, 6) is -1.21. The molecule has 0 spiro atoms. The molecule has 4 nitrogen and oxygen atoms in total. The monoisotopic (exact) mass is 281 g/mol. The number of carbonyl (C=O) groups is 2. The summed E-state index contributed by atoms with van der Waals surface area (Å²) in [6, 6.07) is 14.3. The van der Waals surface area contributed by atoms with Crippen LogP contribution in [0.15, 0.2) is 54.6 Å². The molecule has 0 heterocycles. The van der Waals surface area contributed by atoms with Crippen molar-refractivity contribution in [2.24, 2.45) is 0 Å². The fourth-order valence-electron chi connectivity index (χ4n) is 1.85. The number of benzene rings is 2. The standard InChI is InChI=1S/C17H15NO3/c1-12-7-9-15(11-14(12)8-10-16(19)20)18-17(21)13-5-3-2-4-6-13/h2-11H,1H3,(H,18,21)(H,19,20). The summed E-state index contributed by atoms with van der Waals surface area (Å²) >= 11 is 0. The Bertz CT molecular complexity index is 690. The van der Waals surface area contributed by atoms with E-state index in [-0.39, 0.29) is 5.91 Å². The third kappa shape index (κ3) is 4.04. The number of anilines is 1. The molecule has 2 N–H and O–H groups in total. The largest absolute Gasteiger partial charge is 0.478 e. The third-order valence-corrected chi connectivity index (χ3v) is 2.98. The van der Waals surface area contributed by atoms with Crippen LogP contribution < -0.4 is 5.32 Å². The molecule has 0 aliphatic carbocycles. The first-order valence-electron chi connectivity index (χ1n) is 6.44. The smallest absolute Gasteiger partial charge is 0.328 e. The number of hydrogen-bond donors (Lipinski definition) is 2. The van der Waals surface area contributed by atoms with E-state index in [1.807, 2.05) is 19.1 Å². The Kier molecular flexibility index (Phi) is 4.51.